The van der Waals surface area contributed by atoms with E-state index in [4.69, 9.17) is 4.74 Å². The normalized spacial score (nSPS) is 23.6. The summed E-state index contributed by atoms with van der Waals surface area (Å²) in [5.41, 5.74) is 2.63. The Morgan fingerprint density at radius 1 is 1.35 bits per heavy atom. The molecule has 1 aromatic carbocycles. The Morgan fingerprint density at radius 2 is 2.10 bits per heavy atom. The molecule has 1 heterocycles. The Kier molecular flexibility index (Phi) is 3.79. The van der Waals surface area contributed by atoms with Crippen LogP contribution >= 0.6 is 0 Å². The molecule has 1 aliphatic carbocycles. The van der Waals surface area contributed by atoms with Crippen LogP contribution in [0.25, 0.3) is 0 Å². The van der Waals surface area contributed by atoms with Gasteiger partial charge < -0.3 is 10.1 Å². The van der Waals surface area contributed by atoms with Crippen LogP contribution in [0.2, 0.25) is 0 Å². The second-order valence-corrected chi connectivity index (χ2v) is 6.42. The minimum Gasteiger partial charge on any atom is -0.381 e. The average Bonchev–Trinajstić information content (AvgIpc) is 2.96. The van der Waals surface area contributed by atoms with Crippen LogP contribution < -0.4 is 5.32 Å². The lowest BCUT2D eigenvalue weighted by atomic mass is 10.0. The summed E-state index contributed by atoms with van der Waals surface area (Å²) < 4.78 is 5.33. The van der Waals surface area contributed by atoms with Gasteiger partial charge in [0.2, 0.25) is 5.91 Å². The lowest BCUT2D eigenvalue weighted by molar-refractivity contribution is -0.123. The van der Waals surface area contributed by atoms with Gasteiger partial charge in [-0.05, 0) is 44.1 Å². The Labute approximate surface area is 120 Å². The predicted molar refractivity (Wildman–Crippen MR) is 78.5 cm³/mol. The molecule has 3 nitrogen and oxygen atoms in total. The van der Waals surface area contributed by atoms with Crippen molar-refractivity contribution in [3.05, 3.63) is 35.4 Å². The summed E-state index contributed by atoms with van der Waals surface area (Å²) in [4.78, 5) is 12.1. The minimum atomic E-state index is 0.0335. The molecule has 108 valence electrons. The lowest BCUT2D eigenvalue weighted by Gasteiger charge is -2.19. The zero-order valence-electron chi connectivity index (χ0n) is 12.2. The molecule has 1 N–H and O–H groups in total. The van der Waals surface area contributed by atoms with Crippen LogP contribution in [0.4, 0.5) is 0 Å². The lowest BCUT2D eigenvalue weighted by Crippen LogP contribution is -2.39. The number of hydrogen-bond acceptors (Lipinski definition) is 2. The SMILES string of the molecule is Cc1ccc(CC2(NC(=O)C[C@H]3CCOC3)CC2)cc1. The van der Waals surface area contributed by atoms with E-state index in [0.717, 1.165) is 38.9 Å². The highest BCUT2D eigenvalue weighted by molar-refractivity contribution is 5.77. The summed E-state index contributed by atoms with van der Waals surface area (Å²) in [5, 5.41) is 3.26. The highest BCUT2D eigenvalue weighted by Crippen LogP contribution is 2.39. The molecule has 0 bridgehead atoms. The van der Waals surface area contributed by atoms with Gasteiger partial charge in [-0.3, -0.25) is 4.79 Å². The predicted octanol–water partition coefficient (Wildman–Crippen LogP) is 2.61. The fraction of sp³-hybridized carbons (Fsp3) is 0.588. The fourth-order valence-corrected chi connectivity index (χ4v) is 2.95. The third-order valence-electron chi connectivity index (χ3n) is 4.42. The number of ether oxygens (including phenoxy) is 1. The highest BCUT2D eigenvalue weighted by Gasteiger charge is 2.44. The largest absolute Gasteiger partial charge is 0.381 e. The van der Waals surface area contributed by atoms with Crippen LogP contribution in [0.3, 0.4) is 0 Å². The van der Waals surface area contributed by atoms with Crippen molar-refractivity contribution in [2.75, 3.05) is 13.2 Å². The molecule has 0 radical (unpaired) electrons. The minimum absolute atomic E-state index is 0.0335. The van der Waals surface area contributed by atoms with Crippen LogP contribution in [-0.2, 0) is 16.0 Å². The van der Waals surface area contributed by atoms with Crippen molar-refractivity contribution in [3.8, 4) is 0 Å². The van der Waals surface area contributed by atoms with Crippen molar-refractivity contribution >= 4 is 5.91 Å². The van der Waals surface area contributed by atoms with Crippen molar-refractivity contribution in [1.82, 2.24) is 5.32 Å². The number of amides is 1. The second-order valence-electron chi connectivity index (χ2n) is 6.42. The van der Waals surface area contributed by atoms with Crippen LogP contribution in [0.5, 0.6) is 0 Å². The van der Waals surface area contributed by atoms with Gasteiger partial charge >= 0.3 is 0 Å². The van der Waals surface area contributed by atoms with Gasteiger partial charge in [0.05, 0.1) is 0 Å². The smallest absolute Gasteiger partial charge is 0.220 e. The maximum absolute atomic E-state index is 12.1. The number of rotatable bonds is 5. The third kappa shape index (κ3) is 3.40. The molecule has 0 unspecified atom stereocenters. The summed E-state index contributed by atoms with van der Waals surface area (Å²) >= 11 is 0. The van der Waals surface area contributed by atoms with Gasteiger partial charge in [0.1, 0.15) is 0 Å². The molecule has 1 saturated heterocycles. The summed E-state index contributed by atoms with van der Waals surface area (Å²) in [6.07, 6.45) is 4.82. The van der Waals surface area contributed by atoms with E-state index in [1.54, 1.807) is 0 Å². The van der Waals surface area contributed by atoms with Crippen LogP contribution in [0.15, 0.2) is 24.3 Å². The van der Waals surface area contributed by atoms with Gasteiger partial charge in [0.25, 0.3) is 0 Å². The Hall–Kier alpha value is -1.35. The van der Waals surface area contributed by atoms with Gasteiger partial charge in [-0.2, -0.15) is 0 Å². The first-order valence-corrected chi connectivity index (χ1v) is 7.60. The highest BCUT2D eigenvalue weighted by atomic mass is 16.5. The van der Waals surface area contributed by atoms with Crippen molar-refractivity contribution in [2.45, 2.75) is 44.6 Å². The molecule has 1 aromatic rings. The maximum Gasteiger partial charge on any atom is 0.220 e. The number of carbonyl (C=O) groups is 1. The number of benzene rings is 1. The summed E-state index contributed by atoms with van der Waals surface area (Å²) in [6.45, 7) is 3.66. The van der Waals surface area contributed by atoms with E-state index < -0.39 is 0 Å². The zero-order chi connectivity index (χ0) is 14.0. The molecule has 2 fully saturated rings. The number of nitrogens with one attached hydrogen (secondary N) is 1. The molecular weight excluding hydrogens is 250 g/mol. The monoisotopic (exact) mass is 273 g/mol. The van der Waals surface area contributed by atoms with Gasteiger partial charge in [-0.25, -0.2) is 0 Å². The molecular formula is C17H23NO2. The Morgan fingerprint density at radius 3 is 2.70 bits per heavy atom. The fourth-order valence-electron chi connectivity index (χ4n) is 2.95. The van der Waals surface area contributed by atoms with E-state index in [0.29, 0.717) is 12.3 Å². The topological polar surface area (TPSA) is 38.3 Å². The second kappa shape index (κ2) is 5.57. The molecule has 3 rings (SSSR count). The molecule has 2 aliphatic rings. The van der Waals surface area contributed by atoms with Crippen molar-refractivity contribution in [1.29, 1.82) is 0 Å². The maximum atomic E-state index is 12.1. The number of aryl methyl sites for hydroxylation is 1. The van der Waals surface area contributed by atoms with Crippen LogP contribution in [0, 0.1) is 12.8 Å². The molecule has 0 spiro atoms. The first-order valence-electron chi connectivity index (χ1n) is 7.60. The average molecular weight is 273 g/mol. The molecule has 1 aliphatic heterocycles. The molecule has 1 saturated carbocycles. The van der Waals surface area contributed by atoms with E-state index in [9.17, 15) is 4.79 Å². The van der Waals surface area contributed by atoms with Gasteiger partial charge in [0, 0.05) is 25.2 Å². The quantitative estimate of drug-likeness (QED) is 0.895. The van der Waals surface area contributed by atoms with E-state index in [1.165, 1.54) is 11.1 Å². The third-order valence-corrected chi connectivity index (χ3v) is 4.42. The van der Waals surface area contributed by atoms with Gasteiger partial charge in [-0.15, -0.1) is 0 Å². The Bertz CT molecular complexity index is 470. The first kappa shape index (κ1) is 13.6. The zero-order valence-corrected chi connectivity index (χ0v) is 12.2. The number of hydrogen-bond donors (Lipinski definition) is 1. The van der Waals surface area contributed by atoms with Crippen LogP contribution in [0.1, 0.15) is 36.8 Å². The van der Waals surface area contributed by atoms with Crippen molar-refractivity contribution in [3.63, 3.8) is 0 Å². The Balaban J connectivity index is 1.53. The molecule has 1 amide bonds. The van der Waals surface area contributed by atoms with Crippen molar-refractivity contribution < 1.29 is 9.53 Å². The standard InChI is InChI=1S/C17H23NO2/c1-13-2-4-14(5-3-13)11-17(7-8-17)18-16(19)10-15-6-9-20-12-15/h2-5,15H,6-12H2,1H3,(H,18,19)/t15-/m1/s1. The molecule has 20 heavy (non-hydrogen) atoms. The molecule has 1 atom stereocenters. The van der Waals surface area contributed by atoms with Crippen LogP contribution in [-0.4, -0.2) is 24.7 Å². The number of carbonyl (C=O) groups excluding carboxylic acids is 1. The van der Waals surface area contributed by atoms with Gasteiger partial charge in [-0.1, -0.05) is 29.8 Å². The summed E-state index contributed by atoms with van der Waals surface area (Å²) in [6, 6.07) is 8.63. The molecule has 0 aromatic heterocycles. The van der Waals surface area contributed by atoms with E-state index >= 15 is 0 Å². The summed E-state index contributed by atoms with van der Waals surface area (Å²) in [7, 11) is 0. The molecule has 3 heteroatoms. The van der Waals surface area contributed by atoms with E-state index in [-0.39, 0.29) is 11.4 Å². The summed E-state index contributed by atoms with van der Waals surface area (Å²) in [5.74, 6) is 0.621. The van der Waals surface area contributed by atoms with E-state index in [1.807, 2.05) is 0 Å². The first-order chi connectivity index (χ1) is 9.65. The van der Waals surface area contributed by atoms with E-state index in [2.05, 4.69) is 36.5 Å². The van der Waals surface area contributed by atoms with Gasteiger partial charge in [0.15, 0.2) is 0 Å². The van der Waals surface area contributed by atoms with Crippen molar-refractivity contribution in [2.24, 2.45) is 5.92 Å².